The van der Waals surface area contributed by atoms with Crippen LogP contribution >= 0.6 is 27.5 Å². The number of amides is 1. The molecule has 0 aliphatic carbocycles. The van der Waals surface area contributed by atoms with Gasteiger partial charge >= 0.3 is 0 Å². The fraction of sp³-hybridized carbons (Fsp3) is 0.133. The largest absolute Gasteiger partial charge is 0.337 e. The van der Waals surface area contributed by atoms with Crippen LogP contribution in [0.1, 0.15) is 15.9 Å². The molecule has 1 amide bonds. The first-order valence-corrected chi connectivity index (χ1v) is 7.10. The van der Waals surface area contributed by atoms with Gasteiger partial charge in [-0.15, -0.1) is 0 Å². The highest BCUT2D eigenvalue weighted by Gasteiger charge is 2.17. The van der Waals surface area contributed by atoms with Gasteiger partial charge in [0.2, 0.25) is 0 Å². The maximum atomic E-state index is 13.7. The second-order valence-corrected chi connectivity index (χ2v) is 5.67. The summed E-state index contributed by atoms with van der Waals surface area (Å²) in [6, 6.07) is 11.6. The van der Waals surface area contributed by atoms with E-state index >= 15 is 0 Å². The van der Waals surface area contributed by atoms with Crippen molar-refractivity contribution in [3.63, 3.8) is 0 Å². The molecular formula is C15H12BrClFNO. The molecule has 2 nitrogen and oxygen atoms in total. The molecule has 20 heavy (non-hydrogen) atoms. The van der Waals surface area contributed by atoms with Gasteiger partial charge in [-0.25, -0.2) is 4.39 Å². The van der Waals surface area contributed by atoms with Gasteiger partial charge in [0.05, 0.1) is 5.56 Å². The van der Waals surface area contributed by atoms with E-state index in [-0.39, 0.29) is 16.5 Å². The molecule has 0 saturated heterocycles. The molecule has 0 aliphatic heterocycles. The summed E-state index contributed by atoms with van der Waals surface area (Å²) in [6.07, 6.45) is 0. The molecular weight excluding hydrogens is 345 g/mol. The summed E-state index contributed by atoms with van der Waals surface area (Å²) >= 11 is 9.11. The highest BCUT2D eigenvalue weighted by molar-refractivity contribution is 9.10. The predicted octanol–water partition coefficient (Wildman–Crippen LogP) is 4.51. The Hall–Kier alpha value is -1.39. The number of hydrogen-bond acceptors (Lipinski definition) is 1. The molecule has 0 radical (unpaired) electrons. The summed E-state index contributed by atoms with van der Waals surface area (Å²) in [7, 11) is 1.63. The number of benzene rings is 2. The van der Waals surface area contributed by atoms with E-state index < -0.39 is 5.82 Å². The average molecular weight is 357 g/mol. The lowest BCUT2D eigenvalue weighted by molar-refractivity contribution is 0.0780. The third-order valence-electron chi connectivity index (χ3n) is 2.87. The summed E-state index contributed by atoms with van der Waals surface area (Å²) in [4.78, 5) is 13.7. The zero-order valence-electron chi connectivity index (χ0n) is 10.7. The van der Waals surface area contributed by atoms with Crippen LogP contribution in [0.15, 0.2) is 46.9 Å². The number of halogens is 3. The third-order valence-corrected chi connectivity index (χ3v) is 3.88. The van der Waals surface area contributed by atoms with Crippen molar-refractivity contribution in [3.05, 3.63) is 68.9 Å². The Morgan fingerprint density at radius 1 is 1.30 bits per heavy atom. The molecule has 0 aromatic heterocycles. The fourth-order valence-corrected chi connectivity index (χ4v) is 2.39. The predicted molar refractivity (Wildman–Crippen MR) is 81.3 cm³/mol. The van der Waals surface area contributed by atoms with Gasteiger partial charge in [-0.3, -0.25) is 4.79 Å². The summed E-state index contributed by atoms with van der Waals surface area (Å²) in [5.41, 5.74) is 0.974. The van der Waals surface area contributed by atoms with Gasteiger partial charge in [-0.05, 0) is 29.8 Å². The van der Waals surface area contributed by atoms with Crippen molar-refractivity contribution in [2.45, 2.75) is 6.54 Å². The lowest BCUT2D eigenvalue weighted by Gasteiger charge is -2.18. The Labute approximate surface area is 130 Å². The maximum Gasteiger partial charge on any atom is 0.256 e. The van der Waals surface area contributed by atoms with E-state index in [1.807, 2.05) is 24.3 Å². The Morgan fingerprint density at radius 2 is 2.00 bits per heavy atom. The number of rotatable bonds is 3. The minimum atomic E-state index is -0.610. The first kappa shape index (κ1) is 15.0. The van der Waals surface area contributed by atoms with Crippen molar-refractivity contribution in [2.75, 3.05) is 7.05 Å². The quantitative estimate of drug-likeness (QED) is 0.792. The molecule has 0 aliphatic rings. The van der Waals surface area contributed by atoms with E-state index in [1.54, 1.807) is 7.05 Å². The average Bonchev–Trinajstić information content (AvgIpc) is 2.40. The topological polar surface area (TPSA) is 20.3 Å². The van der Waals surface area contributed by atoms with Gasteiger partial charge < -0.3 is 4.90 Å². The molecule has 0 N–H and O–H groups in total. The van der Waals surface area contributed by atoms with E-state index in [0.717, 1.165) is 16.1 Å². The van der Waals surface area contributed by atoms with Crippen LogP contribution in [0.2, 0.25) is 5.02 Å². The summed E-state index contributed by atoms with van der Waals surface area (Å²) < 4.78 is 14.7. The standard InChI is InChI=1S/C15H12BrClFNO/c1-19(9-10-4-2-3-5-13(10)16)15(20)12-7-6-11(17)8-14(12)18/h2-8H,9H2,1H3. The fourth-order valence-electron chi connectivity index (χ4n) is 1.82. The van der Waals surface area contributed by atoms with Crippen molar-refractivity contribution in [1.29, 1.82) is 0 Å². The van der Waals surface area contributed by atoms with E-state index in [9.17, 15) is 9.18 Å². The molecule has 0 fully saturated rings. The van der Waals surface area contributed by atoms with Crippen LogP contribution in [-0.2, 0) is 6.54 Å². The van der Waals surface area contributed by atoms with E-state index in [0.29, 0.717) is 6.54 Å². The number of hydrogen-bond donors (Lipinski definition) is 0. The Morgan fingerprint density at radius 3 is 2.65 bits per heavy atom. The monoisotopic (exact) mass is 355 g/mol. The second kappa shape index (κ2) is 6.37. The normalized spacial score (nSPS) is 10.4. The van der Waals surface area contributed by atoms with Gasteiger partial charge in [-0.1, -0.05) is 45.7 Å². The molecule has 104 valence electrons. The molecule has 0 atom stereocenters. The van der Waals surface area contributed by atoms with Crippen molar-refractivity contribution < 1.29 is 9.18 Å². The molecule has 0 spiro atoms. The smallest absolute Gasteiger partial charge is 0.256 e. The Bertz CT molecular complexity index is 648. The molecule has 5 heteroatoms. The van der Waals surface area contributed by atoms with Crippen LogP contribution in [0.25, 0.3) is 0 Å². The highest BCUT2D eigenvalue weighted by Crippen LogP contribution is 2.20. The molecule has 0 bridgehead atoms. The van der Waals surface area contributed by atoms with Gasteiger partial charge in [0.1, 0.15) is 5.82 Å². The SMILES string of the molecule is CN(Cc1ccccc1Br)C(=O)c1ccc(Cl)cc1F. The van der Waals surface area contributed by atoms with E-state index in [1.165, 1.54) is 17.0 Å². The van der Waals surface area contributed by atoms with Crippen LogP contribution in [0, 0.1) is 5.82 Å². The molecule has 0 saturated carbocycles. The van der Waals surface area contributed by atoms with Crippen molar-refractivity contribution in [2.24, 2.45) is 0 Å². The number of carbonyl (C=O) groups is 1. The van der Waals surface area contributed by atoms with Crippen LogP contribution in [-0.4, -0.2) is 17.9 Å². The van der Waals surface area contributed by atoms with Crippen molar-refractivity contribution in [1.82, 2.24) is 4.90 Å². The third kappa shape index (κ3) is 3.38. The number of carbonyl (C=O) groups excluding carboxylic acids is 1. The minimum Gasteiger partial charge on any atom is -0.337 e. The zero-order chi connectivity index (χ0) is 14.7. The zero-order valence-corrected chi connectivity index (χ0v) is 13.1. The molecule has 2 aromatic carbocycles. The summed E-state index contributed by atoms with van der Waals surface area (Å²) in [6.45, 7) is 0.391. The summed E-state index contributed by atoms with van der Waals surface area (Å²) in [5.74, 6) is -0.989. The molecule has 0 unspecified atom stereocenters. The van der Waals surface area contributed by atoms with Crippen LogP contribution in [0.3, 0.4) is 0 Å². The minimum absolute atomic E-state index is 0.0175. The Kier molecular flexibility index (Phi) is 4.78. The lowest BCUT2D eigenvalue weighted by atomic mass is 10.1. The van der Waals surface area contributed by atoms with Crippen LogP contribution < -0.4 is 0 Å². The van der Waals surface area contributed by atoms with Crippen LogP contribution in [0.4, 0.5) is 4.39 Å². The van der Waals surface area contributed by atoms with Gasteiger partial charge in [0, 0.05) is 23.1 Å². The van der Waals surface area contributed by atoms with E-state index in [4.69, 9.17) is 11.6 Å². The number of nitrogens with zero attached hydrogens (tertiary/aromatic N) is 1. The first-order valence-electron chi connectivity index (χ1n) is 5.93. The van der Waals surface area contributed by atoms with Gasteiger partial charge in [0.15, 0.2) is 0 Å². The van der Waals surface area contributed by atoms with E-state index in [2.05, 4.69) is 15.9 Å². The first-order chi connectivity index (χ1) is 9.49. The molecule has 2 rings (SSSR count). The summed E-state index contributed by atoms with van der Waals surface area (Å²) in [5, 5.41) is 0.271. The lowest BCUT2D eigenvalue weighted by Crippen LogP contribution is -2.27. The Balaban J connectivity index is 2.19. The van der Waals surface area contributed by atoms with Gasteiger partial charge in [0.25, 0.3) is 5.91 Å². The van der Waals surface area contributed by atoms with Gasteiger partial charge in [-0.2, -0.15) is 0 Å². The highest BCUT2D eigenvalue weighted by atomic mass is 79.9. The second-order valence-electron chi connectivity index (χ2n) is 4.38. The maximum absolute atomic E-state index is 13.7. The molecule has 0 heterocycles. The van der Waals surface area contributed by atoms with Crippen LogP contribution in [0.5, 0.6) is 0 Å². The van der Waals surface area contributed by atoms with Crippen molar-refractivity contribution in [3.8, 4) is 0 Å². The molecule has 2 aromatic rings. The van der Waals surface area contributed by atoms with Crippen molar-refractivity contribution >= 4 is 33.4 Å².